The lowest BCUT2D eigenvalue weighted by Gasteiger charge is -2.31. The van der Waals surface area contributed by atoms with E-state index >= 15 is 0 Å². The van der Waals surface area contributed by atoms with Crippen LogP contribution in [0.25, 0.3) is 0 Å². The van der Waals surface area contributed by atoms with Crippen molar-refractivity contribution in [2.75, 3.05) is 11.1 Å². The zero-order chi connectivity index (χ0) is 16.7. The predicted octanol–water partition coefficient (Wildman–Crippen LogP) is 3.91. The fraction of sp³-hybridized carbons (Fsp3) is 0.176. The van der Waals surface area contributed by atoms with E-state index in [1.54, 1.807) is 16.8 Å². The highest BCUT2D eigenvalue weighted by Crippen LogP contribution is 2.38. The minimum Gasteiger partial charge on any atom is -0.366 e. The van der Waals surface area contributed by atoms with Crippen LogP contribution < -0.4 is 11.1 Å². The maximum absolute atomic E-state index is 13.3. The first kappa shape index (κ1) is 15.1. The van der Waals surface area contributed by atoms with Crippen molar-refractivity contribution in [3.63, 3.8) is 0 Å². The lowest BCUT2D eigenvalue weighted by molar-refractivity contribution is 0.431. The van der Waals surface area contributed by atoms with Gasteiger partial charge in [0, 0.05) is 4.47 Å². The molecule has 122 valence electrons. The van der Waals surface area contributed by atoms with Gasteiger partial charge in [0.2, 0.25) is 11.9 Å². The number of anilines is 2. The van der Waals surface area contributed by atoms with Crippen LogP contribution in [0.15, 0.2) is 53.0 Å². The van der Waals surface area contributed by atoms with Crippen molar-refractivity contribution in [2.24, 2.45) is 0 Å². The second-order valence-electron chi connectivity index (χ2n) is 5.79. The molecule has 4 rings (SSSR count). The van der Waals surface area contributed by atoms with E-state index in [4.69, 9.17) is 5.73 Å². The molecule has 0 spiro atoms. The molecule has 2 heterocycles. The molecule has 0 saturated heterocycles. The normalized spacial score (nSPS) is 19.6. The number of aromatic nitrogens is 3. The predicted molar refractivity (Wildman–Crippen MR) is 94.1 cm³/mol. The molecule has 0 unspecified atom stereocenters. The van der Waals surface area contributed by atoms with Crippen LogP contribution in [0.3, 0.4) is 0 Å². The molecule has 5 nitrogen and oxygen atoms in total. The SMILES string of the molecule is Nc1nc2n(n1)[C@H](c1ccc(F)cc1)C[C@@H](c1ccc(Br)cc1)N2. The Kier molecular flexibility index (Phi) is 3.72. The number of hydrogen-bond donors (Lipinski definition) is 2. The lowest BCUT2D eigenvalue weighted by atomic mass is 9.93. The van der Waals surface area contributed by atoms with Gasteiger partial charge >= 0.3 is 0 Å². The van der Waals surface area contributed by atoms with Crippen molar-refractivity contribution in [1.29, 1.82) is 0 Å². The summed E-state index contributed by atoms with van der Waals surface area (Å²) in [6, 6.07) is 14.7. The Morgan fingerprint density at radius 3 is 2.46 bits per heavy atom. The van der Waals surface area contributed by atoms with Crippen LogP contribution in [-0.4, -0.2) is 14.8 Å². The molecule has 2 aromatic carbocycles. The van der Waals surface area contributed by atoms with Crippen molar-refractivity contribution < 1.29 is 4.39 Å². The highest BCUT2D eigenvalue weighted by Gasteiger charge is 2.30. The van der Waals surface area contributed by atoms with E-state index in [0.717, 1.165) is 22.0 Å². The average Bonchev–Trinajstić information content (AvgIpc) is 2.95. The number of nitrogens with one attached hydrogen (secondary N) is 1. The third-order valence-electron chi connectivity index (χ3n) is 4.23. The van der Waals surface area contributed by atoms with E-state index in [9.17, 15) is 4.39 Å². The van der Waals surface area contributed by atoms with E-state index < -0.39 is 0 Å². The first-order chi connectivity index (χ1) is 11.6. The van der Waals surface area contributed by atoms with Gasteiger partial charge in [-0.3, -0.25) is 0 Å². The number of nitrogens with two attached hydrogens (primary N) is 1. The summed E-state index contributed by atoms with van der Waals surface area (Å²) in [6.07, 6.45) is 0.767. The second kappa shape index (κ2) is 5.90. The smallest absolute Gasteiger partial charge is 0.241 e. The number of fused-ring (bicyclic) bond motifs is 1. The fourth-order valence-corrected chi connectivity index (χ4v) is 3.33. The van der Waals surface area contributed by atoms with Crippen molar-refractivity contribution in [2.45, 2.75) is 18.5 Å². The summed E-state index contributed by atoms with van der Waals surface area (Å²) in [6.45, 7) is 0. The quantitative estimate of drug-likeness (QED) is 0.699. The lowest BCUT2D eigenvalue weighted by Crippen LogP contribution is -2.28. The summed E-state index contributed by atoms with van der Waals surface area (Å²) in [5.41, 5.74) is 7.91. The van der Waals surface area contributed by atoms with Crippen LogP contribution in [0.1, 0.15) is 29.6 Å². The van der Waals surface area contributed by atoms with Crippen LogP contribution in [-0.2, 0) is 0 Å². The van der Waals surface area contributed by atoms with Gasteiger partial charge in [0.1, 0.15) is 5.82 Å². The van der Waals surface area contributed by atoms with Gasteiger partial charge in [0.25, 0.3) is 0 Å². The Balaban J connectivity index is 1.74. The molecular formula is C17H15BrFN5. The van der Waals surface area contributed by atoms with Gasteiger partial charge in [-0.2, -0.15) is 4.98 Å². The molecule has 0 saturated carbocycles. The Bertz CT molecular complexity index is 860. The van der Waals surface area contributed by atoms with E-state index in [0.29, 0.717) is 5.95 Å². The van der Waals surface area contributed by atoms with Crippen molar-refractivity contribution in [3.8, 4) is 0 Å². The summed E-state index contributed by atoms with van der Waals surface area (Å²) in [4.78, 5) is 4.27. The standard InChI is InChI=1S/C17H15BrFN5/c18-12-5-1-10(2-6-12)14-9-15(11-3-7-13(19)8-4-11)24-17(21-14)22-16(20)23-24/h1-8,14-15H,9H2,(H3,20,21,22,23)/t14-,15-/m0/s1. The molecular weight excluding hydrogens is 373 g/mol. The Morgan fingerprint density at radius 1 is 1.08 bits per heavy atom. The summed E-state index contributed by atoms with van der Waals surface area (Å²) in [5.74, 6) is 0.595. The highest BCUT2D eigenvalue weighted by molar-refractivity contribution is 9.10. The Morgan fingerprint density at radius 2 is 1.75 bits per heavy atom. The molecule has 0 amide bonds. The van der Waals surface area contributed by atoms with Crippen molar-refractivity contribution in [3.05, 3.63) is 69.9 Å². The van der Waals surface area contributed by atoms with E-state index in [2.05, 4.69) is 43.5 Å². The molecule has 1 aliphatic heterocycles. The zero-order valence-corrected chi connectivity index (χ0v) is 14.2. The van der Waals surface area contributed by atoms with Gasteiger partial charge in [-0.1, -0.05) is 40.2 Å². The van der Waals surface area contributed by atoms with E-state index in [1.165, 1.54) is 12.1 Å². The third-order valence-corrected chi connectivity index (χ3v) is 4.76. The maximum atomic E-state index is 13.3. The molecule has 3 aromatic rings. The van der Waals surface area contributed by atoms with Gasteiger partial charge in [-0.05, 0) is 41.8 Å². The first-order valence-corrected chi connectivity index (χ1v) is 8.39. The van der Waals surface area contributed by atoms with E-state index in [-0.39, 0.29) is 23.8 Å². The third kappa shape index (κ3) is 2.75. The first-order valence-electron chi connectivity index (χ1n) is 7.59. The Hall–Kier alpha value is -2.41. The van der Waals surface area contributed by atoms with Crippen LogP contribution in [0.5, 0.6) is 0 Å². The molecule has 0 fully saturated rings. The van der Waals surface area contributed by atoms with Crippen molar-refractivity contribution >= 4 is 27.8 Å². The van der Waals surface area contributed by atoms with Gasteiger partial charge in [0.15, 0.2) is 0 Å². The van der Waals surface area contributed by atoms with Crippen LogP contribution in [0, 0.1) is 5.82 Å². The molecule has 0 aliphatic carbocycles. The second-order valence-corrected chi connectivity index (χ2v) is 6.71. The monoisotopic (exact) mass is 387 g/mol. The summed E-state index contributed by atoms with van der Waals surface area (Å²) in [7, 11) is 0. The van der Waals surface area contributed by atoms with Crippen LogP contribution in [0.2, 0.25) is 0 Å². The summed E-state index contributed by atoms with van der Waals surface area (Å²) in [5, 5.41) is 7.68. The van der Waals surface area contributed by atoms with Crippen LogP contribution >= 0.6 is 15.9 Å². The number of nitrogen functional groups attached to an aromatic ring is 1. The molecule has 0 bridgehead atoms. The van der Waals surface area contributed by atoms with Gasteiger partial charge in [0.05, 0.1) is 12.1 Å². The zero-order valence-electron chi connectivity index (χ0n) is 12.7. The average molecular weight is 388 g/mol. The molecule has 1 aliphatic rings. The van der Waals surface area contributed by atoms with E-state index in [1.807, 2.05) is 12.1 Å². The number of nitrogens with zero attached hydrogens (tertiary/aromatic N) is 3. The largest absolute Gasteiger partial charge is 0.366 e. The molecule has 2 atom stereocenters. The van der Waals surface area contributed by atoms with Crippen molar-refractivity contribution in [1.82, 2.24) is 14.8 Å². The topological polar surface area (TPSA) is 68.8 Å². The minimum atomic E-state index is -0.254. The Labute approximate surface area is 146 Å². The fourth-order valence-electron chi connectivity index (χ4n) is 3.07. The number of benzene rings is 2. The molecule has 1 aromatic heterocycles. The maximum Gasteiger partial charge on any atom is 0.241 e. The summed E-state index contributed by atoms with van der Waals surface area (Å²) >= 11 is 3.46. The molecule has 24 heavy (non-hydrogen) atoms. The van der Waals surface area contributed by atoms with Gasteiger partial charge in [-0.25, -0.2) is 9.07 Å². The molecule has 3 N–H and O–H groups in total. The molecule has 0 radical (unpaired) electrons. The number of hydrogen-bond acceptors (Lipinski definition) is 4. The minimum absolute atomic E-state index is 0.0553. The van der Waals surface area contributed by atoms with Gasteiger partial charge < -0.3 is 11.1 Å². The number of rotatable bonds is 2. The number of halogens is 2. The molecule has 7 heteroatoms. The van der Waals surface area contributed by atoms with Gasteiger partial charge in [-0.15, -0.1) is 5.10 Å². The summed E-state index contributed by atoms with van der Waals surface area (Å²) < 4.78 is 16.1. The highest BCUT2D eigenvalue weighted by atomic mass is 79.9. The van der Waals surface area contributed by atoms with Crippen LogP contribution in [0.4, 0.5) is 16.3 Å².